The number of aromatic nitrogens is 1. The van der Waals surface area contributed by atoms with Crippen molar-refractivity contribution in [1.29, 1.82) is 0 Å². The zero-order valence-corrected chi connectivity index (χ0v) is 12.7. The lowest BCUT2D eigenvalue weighted by atomic mass is 10.2. The highest BCUT2D eigenvalue weighted by Crippen LogP contribution is 2.23. The maximum atomic E-state index is 13.6. The SMILES string of the molecule is CC(C)CNC(=O)c1ccc(Nc2ccc(F)c(F)c2F)cn1. The Balaban J connectivity index is 2.09. The number of halogens is 3. The van der Waals surface area contributed by atoms with Crippen molar-refractivity contribution in [2.24, 2.45) is 5.92 Å². The first-order chi connectivity index (χ1) is 10.9. The van der Waals surface area contributed by atoms with Gasteiger partial charge in [0.25, 0.3) is 5.91 Å². The molecule has 0 fully saturated rings. The van der Waals surface area contributed by atoms with Gasteiger partial charge in [-0.15, -0.1) is 0 Å². The molecular formula is C16H16F3N3O. The minimum atomic E-state index is -1.55. The summed E-state index contributed by atoms with van der Waals surface area (Å²) in [7, 11) is 0. The number of carbonyl (C=O) groups excluding carboxylic acids is 1. The number of nitrogens with zero attached hydrogens (tertiary/aromatic N) is 1. The summed E-state index contributed by atoms with van der Waals surface area (Å²) in [5, 5.41) is 5.30. The van der Waals surface area contributed by atoms with Crippen molar-refractivity contribution in [3.05, 3.63) is 53.6 Å². The topological polar surface area (TPSA) is 54.0 Å². The molecule has 1 amide bonds. The number of benzene rings is 1. The molecule has 0 spiro atoms. The molecule has 23 heavy (non-hydrogen) atoms. The highest BCUT2D eigenvalue weighted by atomic mass is 19.2. The first-order valence-electron chi connectivity index (χ1n) is 7.03. The summed E-state index contributed by atoms with van der Waals surface area (Å²) in [5.74, 6) is -4.12. The lowest BCUT2D eigenvalue weighted by Gasteiger charge is -2.10. The maximum Gasteiger partial charge on any atom is 0.269 e. The molecule has 0 saturated carbocycles. The second-order valence-electron chi connectivity index (χ2n) is 5.38. The second kappa shape index (κ2) is 7.13. The van der Waals surface area contributed by atoms with Crippen molar-refractivity contribution in [1.82, 2.24) is 10.3 Å². The fraction of sp³-hybridized carbons (Fsp3) is 0.250. The Morgan fingerprint density at radius 3 is 2.48 bits per heavy atom. The fourth-order valence-corrected chi connectivity index (χ4v) is 1.77. The van der Waals surface area contributed by atoms with Crippen molar-refractivity contribution in [2.75, 3.05) is 11.9 Å². The van der Waals surface area contributed by atoms with Crippen molar-refractivity contribution < 1.29 is 18.0 Å². The number of pyridine rings is 1. The number of amides is 1. The van der Waals surface area contributed by atoms with Crippen molar-refractivity contribution in [3.8, 4) is 0 Å². The highest BCUT2D eigenvalue weighted by Gasteiger charge is 2.14. The van der Waals surface area contributed by atoms with E-state index in [-0.39, 0.29) is 17.3 Å². The van der Waals surface area contributed by atoms with Crippen LogP contribution in [0.2, 0.25) is 0 Å². The van der Waals surface area contributed by atoms with Gasteiger partial charge in [0.1, 0.15) is 5.69 Å². The number of hydrogen-bond acceptors (Lipinski definition) is 3. The van der Waals surface area contributed by atoms with E-state index >= 15 is 0 Å². The van der Waals surface area contributed by atoms with E-state index in [4.69, 9.17) is 0 Å². The molecular weight excluding hydrogens is 307 g/mol. The highest BCUT2D eigenvalue weighted by molar-refractivity contribution is 5.92. The average molecular weight is 323 g/mol. The largest absolute Gasteiger partial charge is 0.352 e. The molecule has 1 aromatic carbocycles. The summed E-state index contributed by atoms with van der Waals surface area (Å²) in [6.07, 6.45) is 1.31. The quantitative estimate of drug-likeness (QED) is 0.826. The number of nitrogens with one attached hydrogen (secondary N) is 2. The summed E-state index contributed by atoms with van der Waals surface area (Å²) in [6, 6.07) is 4.85. The Hall–Kier alpha value is -2.57. The minimum Gasteiger partial charge on any atom is -0.352 e. The smallest absolute Gasteiger partial charge is 0.269 e. The van der Waals surface area contributed by atoms with Gasteiger partial charge >= 0.3 is 0 Å². The standard InChI is InChI=1S/C16H16F3N3O/c1-9(2)7-21-16(23)13-5-3-10(8-20-13)22-12-6-4-11(17)14(18)15(12)19/h3-6,8-9,22H,7H2,1-2H3,(H,21,23). The third-order valence-corrected chi connectivity index (χ3v) is 2.98. The number of carbonyl (C=O) groups is 1. The van der Waals surface area contributed by atoms with Gasteiger partial charge in [-0.25, -0.2) is 18.2 Å². The van der Waals surface area contributed by atoms with Crippen molar-refractivity contribution >= 4 is 17.3 Å². The predicted octanol–water partition coefficient (Wildman–Crippen LogP) is 3.63. The first kappa shape index (κ1) is 16.8. The van der Waals surface area contributed by atoms with Crippen LogP contribution in [0.3, 0.4) is 0 Å². The van der Waals surface area contributed by atoms with Gasteiger partial charge in [0, 0.05) is 6.54 Å². The van der Waals surface area contributed by atoms with Crippen LogP contribution in [-0.4, -0.2) is 17.4 Å². The Morgan fingerprint density at radius 2 is 1.87 bits per heavy atom. The third kappa shape index (κ3) is 4.21. The van der Waals surface area contributed by atoms with Gasteiger partial charge < -0.3 is 10.6 Å². The molecule has 0 aliphatic carbocycles. The van der Waals surface area contributed by atoms with Crippen molar-refractivity contribution in [3.63, 3.8) is 0 Å². The fourth-order valence-electron chi connectivity index (χ4n) is 1.77. The molecule has 7 heteroatoms. The van der Waals surface area contributed by atoms with Crippen LogP contribution in [0.15, 0.2) is 30.5 Å². The Morgan fingerprint density at radius 1 is 1.13 bits per heavy atom. The van der Waals surface area contributed by atoms with Crippen LogP contribution in [-0.2, 0) is 0 Å². The summed E-state index contributed by atoms with van der Waals surface area (Å²) < 4.78 is 39.6. The van der Waals surface area contributed by atoms with Crippen LogP contribution >= 0.6 is 0 Å². The van der Waals surface area contributed by atoms with Crippen LogP contribution in [0.5, 0.6) is 0 Å². The zero-order chi connectivity index (χ0) is 17.0. The molecule has 1 heterocycles. The molecule has 0 unspecified atom stereocenters. The third-order valence-electron chi connectivity index (χ3n) is 2.98. The molecule has 0 bridgehead atoms. The van der Waals surface area contributed by atoms with Crippen LogP contribution in [0.1, 0.15) is 24.3 Å². The lowest BCUT2D eigenvalue weighted by molar-refractivity contribution is 0.0944. The van der Waals surface area contributed by atoms with E-state index < -0.39 is 17.5 Å². The first-order valence-corrected chi connectivity index (χ1v) is 7.03. The Labute approximate surface area is 131 Å². The van der Waals surface area contributed by atoms with E-state index in [1.807, 2.05) is 13.8 Å². The molecule has 2 rings (SSSR count). The normalized spacial score (nSPS) is 10.7. The molecule has 0 aliphatic heterocycles. The number of rotatable bonds is 5. The summed E-state index contributed by atoms with van der Waals surface area (Å²) in [6.45, 7) is 4.47. The van der Waals surface area contributed by atoms with Crippen LogP contribution < -0.4 is 10.6 Å². The maximum absolute atomic E-state index is 13.6. The lowest BCUT2D eigenvalue weighted by Crippen LogP contribution is -2.27. The van der Waals surface area contributed by atoms with Gasteiger partial charge in [0.2, 0.25) is 0 Å². The second-order valence-corrected chi connectivity index (χ2v) is 5.38. The summed E-state index contributed by atoms with van der Waals surface area (Å²) >= 11 is 0. The molecule has 2 N–H and O–H groups in total. The molecule has 0 radical (unpaired) electrons. The Bertz CT molecular complexity index is 702. The number of anilines is 2. The van der Waals surface area contributed by atoms with Gasteiger partial charge in [-0.05, 0) is 30.2 Å². The van der Waals surface area contributed by atoms with E-state index in [9.17, 15) is 18.0 Å². The van der Waals surface area contributed by atoms with Crippen molar-refractivity contribution in [2.45, 2.75) is 13.8 Å². The van der Waals surface area contributed by atoms with Gasteiger partial charge in [-0.1, -0.05) is 13.8 Å². The van der Waals surface area contributed by atoms with Gasteiger partial charge in [0.05, 0.1) is 17.6 Å². The van der Waals surface area contributed by atoms with E-state index in [0.29, 0.717) is 18.2 Å². The predicted molar refractivity (Wildman–Crippen MR) is 81.0 cm³/mol. The molecule has 122 valence electrons. The van der Waals surface area contributed by atoms with E-state index in [2.05, 4.69) is 15.6 Å². The van der Waals surface area contributed by atoms with Crippen LogP contribution in [0.25, 0.3) is 0 Å². The minimum absolute atomic E-state index is 0.210. The molecule has 0 atom stereocenters. The molecule has 0 saturated heterocycles. The monoisotopic (exact) mass is 323 g/mol. The summed E-state index contributed by atoms with van der Waals surface area (Å²) in [5.41, 5.74) is 0.333. The zero-order valence-electron chi connectivity index (χ0n) is 12.7. The molecule has 1 aromatic heterocycles. The van der Waals surface area contributed by atoms with Gasteiger partial charge in [0.15, 0.2) is 17.5 Å². The average Bonchev–Trinajstić information content (AvgIpc) is 2.54. The van der Waals surface area contributed by atoms with E-state index in [0.717, 1.165) is 12.1 Å². The molecule has 0 aliphatic rings. The Kier molecular flexibility index (Phi) is 5.20. The molecule has 2 aromatic rings. The van der Waals surface area contributed by atoms with E-state index in [1.54, 1.807) is 0 Å². The van der Waals surface area contributed by atoms with Gasteiger partial charge in [-0.3, -0.25) is 4.79 Å². The molecule has 4 nitrogen and oxygen atoms in total. The number of hydrogen-bond donors (Lipinski definition) is 2. The van der Waals surface area contributed by atoms with Gasteiger partial charge in [-0.2, -0.15) is 0 Å². The van der Waals surface area contributed by atoms with E-state index in [1.165, 1.54) is 18.3 Å². The van der Waals surface area contributed by atoms with Crippen LogP contribution in [0.4, 0.5) is 24.5 Å². The van der Waals surface area contributed by atoms with Crippen LogP contribution in [0, 0.1) is 23.4 Å². The summed E-state index contributed by atoms with van der Waals surface area (Å²) in [4.78, 5) is 15.8.